The third-order valence-corrected chi connectivity index (χ3v) is 5.59. The normalized spacial score (nSPS) is 16.0. The van der Waals surface area contributed by atoms with Crippen molar-refractivity contribution < 1.29 is 22.4 Å². The van der Waals surface area contributed by atoms with Gasteiger partial charge in [-0.25, -0.2) is 0 Å². The fourth-order valence-electron chi connectivity index (χ4n) is 3.88. The van der Waals surface area contributed by atoms with Gasteiger partial charge >= 0.3 is 6.18 Å². The molecule has 2 heterocycles. The molecule has 0 aliphatic carbocycles. The lowest BCUT2D eigenvalue weighted by molar-refractivity contribution is -0.138. The predicted octanol–water partition coefficient (Wildman–Crippen LogP) is 5.95. The van der Waals surface area contributed by atoms with Crippen molar-refractivity contribution >= 4 is 18.4 Å². The molecule has 0 saturated carbocycles. The smallest absolute Gasteiger partial charge is 0.419 e. The van der Waals surface area contributed by atoms with Crippen LogP contribution in [0, 0.1) is 5.41 Å². The van der Waals surface area contributed by atoms with Crippen LogP contribution >= 0.6 is 12.4 Å². The Kier molecular flexibility index (Phi) is 9.82. The van der Waals surface area contributed by atoms with Crippen LogP contribution in [-0.2, 0) is 6.18 Å². The van der Waals surface area contributed by atoms with E-state index in [9.17, 15) is 13.2 Å². The minimum atomic E-state index is -4.57. The highest BCUT2D eigenvalue weighted by atomic mass is 35.5. The largest absolute Gasteiger partial charge is 0.493 e. The molecular formula is C22H31ClF3N5O2. The van der Waals surface area contributed by atoms with Crippen LogP contribution in [0.2, 0.25) is 0 Å². The molecule has 1 saturated heterocycles. The van der Waals surface area contributed by atoms with E-state index < -0.39 is 11.7 Å². The number of nitrogens with one attached hydrogen (secondary N) is 1. The number of hydrogen-bond donors (Lipinski definition) is 2. The number of nitrogens with two attached hydrogens (primary N) is 1. The maximum atomic E-state index is 13.7. The molecular weight excluding hydrogens is 459 g/mol. The predicted molar refractivity (Wildman–Crippen MR) is 121 cm³/mol. The zero-order chi connectivity index (χ0) is 23.1. The van der Waals surface area contributed by atoms with Crippen molar-refractivity contribution in [1.82, 2.24) is 15.0 Å². The van der Waals surface area contributed by atoms with Crippen LogP contribution in [0.3, 0.4) is 0 Å². The fourth-order valence-corrected chi connectivity index (χ4v) is 3.88. The lowest BCUT2D eigenvalue weighted by atomic mass is 10.1. The first-order chi connectivity index (χ1) is 15.3. The van der Waals surface area contributed by atoms with Gasteiger partial charge in [0, 0.05) is 12.1 Å². The molecule has 1 aliphatic heterocycles. The Morgan fingerprint density at radius 3 is 2.67 bits per heavy atom. The van der Waals surface area contributed by atoms with Gasteiger partial charge in [0.15, 0.2) is 5.96 Å². The number of rotatable bonds is 10. The van der Waals surface area contributed by atoms with Crippen LogP contribution in [0.15, 0.2) is 22.7 Å². The average molecular weight is 490 g/mol. The molecule has 33 heavy (non-hydrogen) atoms. The number of unbranched alkanes of at least 4 members (excludes halogenated alkanes) is 5. The first-order valence-corrected chi connectivity index (χ1v) is 11.1. The van der Waals surface area contributed by atoms with Crippen LogP contribution in [0.1, 0.15) is 75.8 Å². The first-order valence-electron chi connectivity index (χ1n) is 11.1. The number of likely N-dealkylation sites (tertiary alicyclic amines) is 1. The Hall–Kier alpha value is -2.49. The molecule has 11 heteroatoms. The second kappa shape index (κ2) is 12.1. The van der Waals surface area contributed by atoms with Gasteiger partial charge in [-0.15, -0.1) is 12.4 Å². The third-order valence-electron chi connectivity index (χ3n) is 5.59. The molecule has 3 rings (SSSR count). The summed E-state index contributed by atoms with van der Waals surface area (Å²) in [6.07, 6.45) is 3.08. The second-order valence-electron chi connectivity index (χ2n) is 8.02. The van der Waals surface area contributed by atoms with Gasteiger partial charge in [-0.2, -0.15) is 18.2 Å². The molecule has 1 aliphatic rings. The van der Waals surface area contributed by atoms with Gasteiger partial charge in [-0.3, -0.25) is 5.41 Å². The van der Waals surface area contributed by atoms with E-state index >= 15 is 0 Å². The van der Waals surface area contributed by atoms with Crippen molar-refractivity contribution in [2.24, 2.45) is 5.73 Å². The van der Waals surface area contributed by atoms with Gasteiger partial charge in [0.1, 0.15) is 11.8 Å². The summed E-state index contributed by atoms with van der Waals surface area (Å²) in [5.74, 6) is 0.00332. The van der Waals surface area contributed by atoms with Crippen molar-refractivity contribution in [3.8, 4) is 17.1 Å². The molecule has 1 fully saturated rings. The zero-order valence-electron chi connectivity index (χ0n) is 18.7. The number of guanidine groups is 1. The molecule has 0 unspecified atom stereocenters. The van der Waals surface area contributed by atoms with E-state index in [0.717, 1.165) is 38.2 Å². The standard InChI is InChI=1S/C22H30F3N5O2.ClH/c1-2-3-4-5-6-7-13-31-18-11-10-15(14-16(18)22(23,24)25)19-28-20(32-29-19)17-9-8-12-30(17)21(26)27;/h10-11,14,17H,2-9,12-13H2,1H3,(H3,26,27);1H/t17-;/m0./s1. The lowest BCUT2D eigenvalue weighted by Crippen LogP contribution is -2.35. The third kappa shape index (κ3) is 6.99. The summed E-state index contributed by atoms with van der Waals surface area (Å²) in [6, 6.07) is 3.46. The molecule has 1 atom stereocenters. The van der Waals surface area contributed by atoms with Crippen molar-refractivity contribution in [2.75, 3.05) is 13.2 Å². The van der Waals surface area contributed by atoms with E-state index in [-0.39, 0.29) is 54.0 Å². The highest BCUT2D eigenvalue weighted by Gasteiger charge is 2.36. The summed E-state index contributed by atoms with van der Waals surface area (Å²) in [5.41, 5.74) is 4.91. The maximum Gasteiger partial charge on any atom is 0.419 e. The van der Waals surface area contributed by atoms with E-state index in [1.165, 1.54) is 18.6 Å². The molecule has 184 valence electrons. The summed E-state index contributed by atoms with van der Waals surface area (Å²) in [4.78, 5) is 5.92. The van der Waals surface area contributed by atoms with Crippen LogP contribution < -0.4 is 10.5 Å². The molecule has 0 amide bonds. The van der Waals surface area contributed by atoms with Crippen molar-refractivity contribution in [2.45, 2.75) is 70.5 Å². The summed E-state index contributed by atoms with van der Waals surface area (Å²) in [6.45, 7) is 2.97. The number of hydrogen-bond acceptors (Lipinski definition) is 5. The highest BCUT2D eigenvalue weighted by Crippen LogP contribution is 2.39. The van der Waals surface area contributed by atoms with Crippen molar-refractivity contribution in [3.05, 3.63) is 29.7 Å². The lowest BCUT2D eigenvalue weighted by Gasteiger charge is -2.21. The molecule has 0 bridgehead atoms. The topological polar surface area (TPSA) is 101 Å². The van der Waals surface area contributed by atoms with Gasteiger partial charge in [-0.1, -0.05) is 44.2 Å². The number of halogens is 4. The Balaban J connectivity index is 0.00000385. The van der Waals surface area contributed by atoms with Crippen LogP contribution in [0.5, 0.6) is 5.75 Å². The van der Waals surface area contributed by atoms with E-state index in [1.54, 1.807) is 4.90 Å². The van der Waals surface area contributed by atoms with Crippen molar-refractivity contribution in [1.29, 1.82) is 5.41 Å². The number of benzene rings is 1. The number of nitrogens with zero attached hydrogens (tertiary/aromatic N) is 3. The summed E-state index contributed by atoms with van der Waals surface area (Å²) in [5, 5.41) is 11.5. The maximum absolute atomic E-state index is 13.7. The van der Waals surface area contributed by atoms with Gasteiger partial charge in [0.05, 0.1) is 12.2 Å². The van der Waals surface area contributed by atoms with Gasteiger partial charge < -0.3 is 19.9 Å². The second-order valence-corrected chi connectivity index (χ2v) is 8.02. The van der Waals surface area contributed by atoms with Crippen LogP contribution in [0.25, 0.3) is 11.4 Å². The number of alkyl halides is 3. The molecule has 7 nitrogen and oxygen atoms in total. The molecule has 1 aromatic carbocycles. The molecule has 1 aromatic heterocycles. The Morgan fingerprint density at radius 1 is 1.24 bits per heavy atom. The fraction of sp³-hybridized carbons (Fsp3) is 0.591. The Labute approximate surface area is 197 Å². The van der Waals surface area contributed by atoms with Gasteiger partial charge in [0.2, 0.25) is 11.7 Å². The number of aromatic nitrogens is 2. The summed E-state index contributed by atoms with van der Waals surface area (Å²) >= 11 is 0. The SMILES string of the molecule is CCCCCCCCOc1ccc(-c2noc([C@@H]3CCCN3C(=N)N)n2)cc1C(F)(F)F.Cl. The Morgan fingerprint density at radius 2 is 1.97 bits per heavy atom. The van der Waals surface area contributed by atoms with E-state index in [2.05, 4.69) is 17.1 Å². The zero-order valence-corrected chi connectivity index (χ0v) is 19.5. The minimum absolute atomic E-state index is 0. The van der Waals surface area contributed by atoms with Crippen molar-refractivity contribution in [3.63, 3.8) is 0 Å². The minimum Gasteiger partial charge on any atom is -0.493 e. The first kappa shape index (κ1) is 26.8. The Bertz CT molecular complexity index is 906. The number of ether oxygens (including phenoxy) is 1. The van der Waals surface area contributed by atoms with E-state index in [0.29, 0.717) is 19.4 Å². The van der Waals surface area contributed by atoms with E-state index in [1.807, 2.05) is 0 Å². The van der Waals surface area contributed by atoms with Gasteiger partial charge in [-0.05, 0) is 37.5 Å². The van der Waals surface area contributed by atoms with Crippen LogP contribution in [-0.4, -0.2) is 34.2 Å². The molecule has 0 radical (unpaired) electrons. The summed E-state index contributed by atoms with van der Waals surface area (Å²) in [7, 11) is 0. The quantitative estimate of drug-likeness (QED) is 0.243. The van der Waals surface area contributed by atoms with Gasteiger partial charge in [0.25, 0.3) is 0 Å². The van der Waals surface area contributed by atoms with Crippen LogP contribution in [0.4, 0.5) is 13.2 Å². The van der Waals surface area contributed by atoms with E-state index in [4.69, 9.17) is 20.4 Å². The highest BCUT2D eigenvalue weighted by molar-refractivity contribution is 5.85. The molecule has 3 N–H and O–H groups in total. The summed E-state index contributed by atoms with van der Waals surface area (Å²) < 4.78 is 51.7. The average Bonchev–Trinajstić information content (AvgIpc) is 3.42. The molecule has 2 aromatic rings. The monoisotopic (exact) mass is 489 g/mol. The molecule has 0 spiro atoms.